The maximum atomic E-state index is 12.7. The molecule has 3 aromatic rings. The van der Waals surface area contributed by atoms with E-state index in [1.807, 2.05) is 49.1 Å². The topological polar surface area (TPSA) is 85.3 Å². The highest BCUT2D eigenvalue weighted by molar-refractivity contribution is 5.93. The highest BCUT2D eigenvalue weighted by atomic mass is 16.5. The van der Waals surface area contributed by atoms with Gasteiger partial charge in [-0.1, -0.05) is 49.3 Å². The lowest BCUT2D eigenvalue weighted by atomic mass is 9.96. The monoisotopic (exact) mass is 366 g/mol. The van der Waals surface area contributed by atoms with Crippen molar-refractivity contribution in [2.75, 3.05) is 13.1 Å². The molecule has 0 spiro atoms. The molecule has 0 saturated carbocycles. The maximum Gasteiger partial charge on any atom is 0.276 e. The molecule has 0 unspecified atom stereocenters. The molecule has 1 amide bonds. The zero-order valence-electron chi connectivity index (χ0n) is 15.5. The van der Waals surface area contributed by atoms with Crippen LogP contribution in [-0.2, 0) is 0 Å². The first-order valence-corrected chi connectivity index (χ1v) is 9.26. The Balaban J connectivity index is 1.39. The van der Waals surface area contributed by atoms with Crippen molar-refractivity contribution in [2.24, 2.45) is 0 Å². The van der Waals surface area contributed by atoms with Gasteiger partial charge >= 0.3 is 0 Å². The fourth-order valence-electron chi connectivity index (χ4n) is 3.25. The van der Waals surface area contributed by atoms with Crippen molar-refractivity contribution in [3.8, 4) is 11.3 Å². The van der Waals surface area contributed by atoms with Gasteiger partial charge in [-0.3, -0.25) is 4.79 Å². The van der Waals surface area contributed by atoms with Gasteiger partial charge in [0.2, 0.25) is 11.8 Å². The molecule has 1 fully saturated rings. The first-order chi connectivity index (χ1) is 13.1. The number of piperidine rings is 1. The van der Waals surface area contributed by atoms with Gasteiger partial charge in [-0.25, -0.2) is 0 Å². The van der Waals surface area contributed by atoms with E-state index in [1.165, 1.54) is 0 Å². The first-order valence-electron chi connectivity index (χ1n) is 9.26. The summed E-state index contributed by atoms with van der Waals surface area (Å²) in [5.41, 5.74) is 1.24. The molecule has 7 nitrogen and oxygen atoms in total. The summed E-state index contributed by atoms with van der Waals surface area (Å²) in [5.74, 6) is 2.26. The van der Waals surface area contributed by atoms with Gasteiger partial charge in [0, 0.05) is 36.6 Å². The van der Waals surface area contributed by atoms with Crippen LogP contribution < -0.4 is 0 Å². The lowest BCUT2D eigenvalue weighted by molar-refractivity contribution is 0.0695. The van der Waals surface area contributed by atoms with Gasteiger partial charge in [0.25, 0.3) is 5.91 Å². The van der Waals surface area contributed by atoms with E-state index in [1.54, 1.807) is 6.07 Å². The average Bonchev–Trinajstić information content (AvgIpc) is 3.38. The zero-order valence-corrected chi connectivity index (χ0v) is 15.5. The van der Waals surface area contributed by atoms with Crippen LogP contribution in [-0.4, -0.2) is 39.3 Å². The van der Waals surface area contributed by atoms with Crippen LogP contribution in [0.25, 0.3) is 11.3 Å². The van der Waals surface area contributed by atoms with Gasteiger partial charge in [-0.15, -0.1) is 10.2 Å². The van der Waals surface area contributed by atoms with E-state index in [9.17, 15) is 4.79 Å². The molecule has 0 N–H and O–H groups in total. The number of aromatic nitrogens is 3. The normalized spacial score (nSPS) is 15.4. The minimum Gasteiger partial charge on any atom is -0.425 e. The van der Waals surface area contributed by atoms with E-state index in [2.05, 4.69) is 15.4 Å². The fraction of sp³-hybridized carbons (Fsp3) is 0.400. The summed E-state index contributed by atoms with van der Waals surface area (Å²) < 4.78 is 11.1. The minimum atomic E-state index is -0.104. The Bertz CT molecular complexity index is 908. The fourth-order valence-corrected chi connectivity index (χ4v) is 3.25. The molecule has 1 aliphatic rings. The molecule has 4 rings (SSSR count). The van der Waals surface area contributed by atoms with Crippen molar-refractivity contribution in [1.82, 2.24) is 20.3 Å². The van der Waals surface area contributed by atoms with Crippen LogP contribution in [0.4, 0.5) is 0 Å². The van der Waals surface area contributed by atoms with E-state index in [4.69, 9.17) is 8.94 Å². The number of benzene rings is 1. The lowest BCUT2D eigenvalue weighted by Crippen LogP contribution is -2.38. The molecule has 7 heteroatoms. The molecule has 3 heterocycles. The van der Waals surface area contributed by atoms with Gasteiger partial charge < -0.3 is 13.8 Å². The molecule has 2 aromatic heterocycles. The van der Waals surface area contributed by atoms with E-state index in [0.29, 0.717) is 36.3 Å². The van der Waals surface area contributed by atoms with E-state index in [0.717, 1.165) is 18.4 Å². The highest BCUT2D eigenvalue weighted by Gasteiger charge is 2.29. The Labute approximate surface area is 157 Å². The van der Waals surface area contributed by atoms with Crippen LogP contribution in [0.15, 0.2) is 45.3 Å². The number of hydrogen-bond acceptors (Lipinski definition) is 6. The summed E-state index contributed by atoms with van der Waals surface area (Å²) in [6.45, 7) is 5.33. The van der Waals surface area contributed by atoms with Crippen molar-refractivity contribution < 1.29 is 13.7 Å². The van der Waals surface area contributed by atoms with E-state index in [-0.39, 0.29) is 17.7 Å². The SMILES string of the molecule is CC(C)c1nnc(C2CCN(C(=O)c3cc(-c4ccccc4)on3)CC2)o1. The number of carbonyl (C=O) groups is 1. The minimum absolute atomic E-state index is 0.104. The Kier molecular flexibility index (Phi) is 4.75. The van der Waals surface area contributed by atoms with Gasteiger partial charge in [0.05, 0.1) is 0 Å². The van der Waals surface area contributed by atoms with Crippen molar-refractivity contribution in [1.29, 1.82) is 0 Å². The summed E-state index contributed by atoms with van der Waals surface area (Å²) in [7, 11) is 0. The molecular formula is C20H22N4O3. The summed E-state index contributed by atoms with van der Waals surface area (Å²) in [6, 6.07) is 11.3. The van der Waals surface area contributed by atoms with Crippen LogP contribution in [0.3, 0.4) is 0 Å². The second kappa shape index (κ2) is 7.34. The predicted octanol–water partition coefficient (Wildman–Crippen LogP) is 3.87. The number of amides is 1. The molecule has 0 radical (unpaired) electrons. The van der Waals surface area contributed by atoms with E-state index >= 15 is 0 Å². The molecule has 0 bridgehead atoms. The Morgan fingerprint density at radius 3 is 2.56 bits per heavy atom. The highest BCUT2D eigenvalue weighted by Crippen LogP contribution is 2.29. The maximum absolute atomic E-state index is 12.7. The molecule has 1 saturated heterocycles. The molecule has 0 aliphatic carbocycles. The van der Waals surface area contributed by atoms with Gasteiger partial charge in [-0.2, -0.15) is 0 Å². The van der Waals surface area contributed by atoms with Crippen molar-refractivity contribution in [3.63, 3.8) is 0 Å². The smallest absolute Gasteiger partial charge is 0.276 e. The lowest BCUT2D eigenvalue weighted by Gasteiger charge is -2.29. The second-order valence-electron chi connectivity index (χ2n) is 7.14. The summed E-state index contributed by atoms with van der Waals surface area (Å²) in [5, 5.41) is 12.2. The molecule has 1 aromatic carbocycles. The number of rotatable bonds is 4. The quantitative estimate of drug-likeness (QED) is 0.697. The largest absolute Gasteiger partial charge is 0.425 e. The van der Waals surface area contributed by atoms with Crippen LogP contribution in [0.2, 0.25) is 0 Å². The number of hydrogen-bond donors (Lipinski definition) is 0. The first kappa shape index (κ1) is 17.5. The molecule has 140 valence electrons. The van der Waals surface area contributed by atoms with Gasteiger partial charge in [0.1, 0.15) is 0 Å². The second-order valence-corrected chi connectivity index (χ2v) is 7.14. The Morgan fingerprint density at radius 1 is 1.15 bits per heavy atom. The summed E-state index contributed by atoms with van der Waals surface area (Å²) in [6.07, 6.45) is 1.60. The predicted molar refractivity (Wildman–Crippen MR) is 98.2 cm³/mol. The van der Waals surface area contributed by atoms with E-state index < -0.39 is 0 Å². The molecular weight excluding hydrogens is 344 g/mol. The zero-order chi connectivity index (χ0) is 18.8. The van der Waals surface area contributed by atoms with Crippen molar-refractivity contribution in [2.45, 2.75) is 38.5 Å². The van der Waals surface area contributed by atoms with Crippen LogP contribution in [0, 0.1) is 0 Å². The van der Waals surface area contributed by atoms with Gasteiger partial charge in [-0.05, 0) is 12.8 Å². The van der Waals surface area contributed by atoms with Crippen LogP contribution in [0.1, 0.15) is 60.8 Å². The Morgan fingerprint density at radius 2 is 1.89 bits per heavy atom. The number of nitrogens with zero attached hydrogens (tertiary/aromatic N) is 4. The van der Waals surface area contributed by atoms with Crippen molar-refractivity contribution in [3.05, 3.63) is 53.9 Å². The molecule has 27 heavy (non-hydrogen) atoms. The molecule has 0 atom stereocenters. The summed E-state index contributed by atoms with van der Waals surface area (Å²) in [4.78, 5) is 14.5. The number of carbonyl (C=O) groups excluding carboxylic acids is 1. The van der Waals surface area contributed by atoms with Crippen molar-refractivity contribution >= 4 is 5.91 Å². The Hall–Kier alpha value is -2.96. The van der Waals surface area contributed by atoms with Gasteiger partial charge in [0.15, 0.2) is 11.5 Å². The number of likely N-dealkylation sites (tertiary alicyclic amines) is 1. The van der Waals surface area contributed by atoms with Crippen LogP contribution >= 0.6 is 0 Å². The summed E-state index contributed by atoms with van der Waals surface area (Å²) >= 11 is 0. The van der Waals surface area contributed by atoms with Crippen LogP contribution in [0.5, 0.6) is 0 Å². The molecule has 1 aliphatic heterocycles. The standard InChI is InChI=1S/C20H22N4O3/c1-13(2)18-21-22-19(26-18)15-8-10-24(11-9-15)20(25)16-12-17(27-23-16)14-6-4-3-5-7-14/h3-7,12-13,15H,8-11H2,1-2H3. The average molecular weight is 366 g/mol. The third kappa shape index (κ3) is 3.63. The third-order valence-electron chi connectivity index (χ3n) is 4.87. The third-order valence-corrected chi connectivity index (χ3v) is 4.87.